The minimum atomic E-state index is -0.0454. The summed E-state index contributed by atoms with van der Waals surface area (Å²) in [6.07, 6.45) is 2.05. The molecule has 27 heavy (non-hydrogen) atoms. The van der Waals surface area contributed by atoms with Gasteiger partial charge < -0.3 is 5.32 Å². The Morgan fingerprint density at radius 1 is 1.19 bits per heavy atom. The summed E-state index contributed by atoms with van der Waals surface area (Å²) in [5.74, 6) is 0.816. The second-order valence-electron chi connectivity index (χ2n) is 5.98. The number of benzene rings is 2. The molecule has 0 spiro atoms. The fourth-order valence-corrected chi connectivity index (χ4v) is 4.75. The SMILES string of the molecule is CCCCNC(=O)c1ccc(-n2nc(SCc3ccccc3)sc2=S)cc1. The average molecular weight is 416 g/mol. The van der Waals surface area contributed by atoms with Crippen LogP contribution in [0.5, 0.6) is 0 Å². The first-order chi connectivity index (χ1) is 13.2. The van der Waals surface area contributed by atoms with E-state index in [1.165, 1.54) is 16.9 Å². The Balaban J connectivity index is 1.67. The van der Waals surface area contributed by atoms with Crippen LogP contribution in [-0.4, -0.2) is 22.2 Å². The summed E-state index contributed by atoms with van der Waals surface area (Å²) in [4.78, 5) is 12.1. The van der Waals surface area contributed by atoms with Crippen LogP contribution in [0.25, 0.3) is 5.69 Å². The molecule has 3 rings (SSSR count). The van der Waals surface area contributed by atoms with E-state index in [-0.39, 0.29) is 5.91 Å². The molecule has 0 fully saturated rings. The van der Waals surface area contributed by atoms with Gasteiger partial charge >= 0.3 is 0 Å². The lowest BCUT2D eigenvalue weighted by Gasteiger charge is -2.05. The van der Waals surface area contributed by atoms with E-state index >= 15 is 0 Å². The van der Waals surface area contributed by atoms with Gasteiger partial charge in [-0.3, -0.25) is 4.79 Å². The second kappa shape index (κ2) is 9.82. The van der Waals surface area contributed by atoms with Crippen LogP contribution < -0.4 is 5.32 Å². The molecular weight excluding hydrogens is 394 g/mol. The van der Waals surface area contributed by atoms with E-state index in [0.717, 1.165) is 28.6 Å². The third-order valence-electron chi connectivity index (χ3n) is 3.92. The van der Waals surface area contributed by atoms with Crippen LogP contribution in [0, 0.1) is 3.95 Å². The molecule has 2 aromatic carbocycles. The lowest BCUT2D eigenvalue weighted by atomic mass is 10.2. The Hall–Kier alpha value is -1.96. The van der Waals surface area contributed by atoms with Crippen LogP contribution in [0.4, 0.5) is 0 Å². The average Bonchev–Trinajstić information content (AvgIpc) is 3.08. The van der Waals surface area contributed by atoms with Crippen molar-refractivity contribution >= 4 is 41.2 Å². The van der Waals surface area contributed by atoms with E-state index < -0.39 is 0 Å². The normalized spacial score (nSPS) is 10.7. The molecule has 0 radical (unpaired) electrons. The number of hydrogen-bond donors (Lipinski definition) is 1. The summed E-state index contributed by atoms with van der Waals surface area (Å²) in [6, 6.07) is 17.7. The highest BCUT2D eigenvalue weighted by Gasteiger charge is 2.09. The molecule has 1 heterocycles. The van der Waals surface area contributed by atoms with Gasteiger partial charge in [0.05, 0.1) is 5.69 Å². The Morgan fingerprint density at radius 2 is 1.93 bits per heavy atom. The van der Waals surface area contributed by atoms with Gasteiger partial charge in [-0.05, 0) is 48.5 Å². The van der Waals surface area contributed by atoms with E-state index in [1.807, 2.05) is 42.5 Å². The first-order valence-electron chi connectivity index (χ1n) is 8.83. The maximum atomic E-state index is 12.1. The third-order valence-corrected chi connectivity index (χ3v) is 6.36. The number of amides is 1. The lowest BCUT2D eigenvalue weighted by Crippen LogP contribution is -2.24. The predicted molar refractivity (Wildman–Crippen MR) is 116 cm³/mol. The Labute approximate surface area is 172 Å². The first kappa shape index (κ1) is 19.8. The van der Waals surface area contributed by atoms with Gasteiger partial charge in [0.25, 0.3) is 5.91 Å². The minimum Gasteiger partial charge on any atom is -0.352 e. The highest BCUT2D eigenvalue weighted by atomic mass is 32.2. The second-order valence-corrected chi connectivity index (χ2v) is 8.82. The highest BCUT2D eigenvalue weighted by molar-refractivity contribution is 8.00. The molecule has 0 aliphatic heterocycles. The molecule has 0 atom stereocenters. The van der Waals surface area contributed by atoms with Gasteiger partial charge in [-0.25, -0.2) is 4.68 Å². The van der Waals surface area contributed by atoms with Gasteiger partial charge in [-0.1, -0.05) is 66.8 Å². The fourth-order valence-electron chi connectivity index (χ4n) is 2.44. The summed E-state index contributed by atoms with van der Waals surface area (Å²) in [7, 11) is 0. The number of thioether (sulfide) groups is 1. The van der Waals surface area contributed by atoms with Crippen molar-refractivity contribution in [1.29, 1.82) is 0 Å². The Morgan fingerprint density at radius 3 is 2.63 bits per heavy atom. The van der Waals surface area contributed by atoms with Gasteiger partial charge in [0.1, 0.15) is 0 Å². The smallest absolute Gasteiger partial charge is 0.251 e. The zero-order valence-corrected chi connectivity index (χ0v) is 17.5. The van der Waals surface area contributed by atoms with Gasteiger partial charge in [0.2, 0.25) is 0 Å². The summed E-state index contributed by atoms with van der Waals surface area (Å²) >= 11 is 8.65. The van der Waals surface area contributed by atoms with Crippen LogP contribution in [0.15, 0.2) is 58.9 Å². The standard InChI is InChI=1S/C20H21N3OS3/c1-2-3-13-21-18(24)16-9-11-17(12-10-16)23-20(25)27-19(22-23)26-14-15-7-5-4-6-8-15/h4-12H,2-3,13-14H2,1H3,(H,21,24). The van der Waals surface area contributed by atoms with Crippen LogP contribution in [0.3, 0.4) is 0 Å². The first-order valence-corrected chi connectivity index (χ1v) is 11.0. The summed E-state index contributed by atoms with van der Waals surface area (Å²) in [5.41, 5.74) is 2.77. The number of nitrogens with zero attached hydrogens (tertiary/aromatic N) is 2. The van der Waals surface area contributed by atoms with E-state index in [0.29, 0.717) is 16.1 Å². The largest absolute Gasteiger partial charge is 0.352 e. The number of carbonyl (C=O) groups excluding carboxylic acids is 1. The van der Waals surface area contributed by atoms with E-state index in [4.69, 9.17) is 12.2 Å². The van der Waals surface area contributed by atoms with Gasteiger partial charge in [0, 0.05) is 17.9 Å². The molecule has 0 aliphatic rings. The molecule has 0 bridgehead atoms. The number of aromatic nitrogens is 2. The van der Waals surface area contributed by atoms with Gasteiger partial charge in [-0.15, -0.1) is 5.10 Å². The number of rotatable bonds is 8. The topological polar surface area (TPSA) is 46.9 Å². The molecular formula is C20H21N3OS3. The van der Waals surface area contributed by atoms with Crippen molar-refractivity contribution in [3.63, 3.8) is 0 Å². The molecule has 140 valence electrons. The molecule has 0 saturated heterocycles. The molecule has 7 heteroatoms. The lowest BCUT2D eigenvalue weighted by molar-refractivity contribution is 0.0953. The zero-order chi connectivity index (χ0) is 19.1. The fraction of sp³-hybridized carbons (Fsp3) is 0.250. The van der Waals surface area contributed by atoms with E-state index in [9.17, 15) is 4.79 Å². The number of nitrogens with one attached hydrogen (secondary N) is 1. The summed E-state index contributed by atoms with van der Waals surface area (Å²) in [6.45, 7) is 2.81. The molecule has 0 saturated carbocycles. The zero-order valence-electron chi connectivity index (χ0n) is 15.1. The summed E-state index contributed by atoms with van der Waals surface area (Å²) < 4.78 is 3.39. The van der Waals surface area contributed by atoms with E-state index in [1.54, 1.807) is 16.4 Å². The molecule has 1 aromatic heterocycles. The van der Waals surface area contributed by atoms with Crippen molar-refractivity contribution in [2.75, 3.05) is 6.54 Å². The van der Waals surface area contributed by atoms with Crippen molar-refractivity contribution in [2.45, 2.75) is 29.9 Å². The monoisotopic (exact) mass is 415 g/mol. The van der Waals surface area contributed by atoms with Crippen LogP contribution in [0.2, 0.25) is 0 Å². The maximum Gasteiger partial charge on any atom is 0.251 e. The van der Waals surface area contributed by atoms with Gasteiger partial charge in [0.15, 0.2) is 8.29 Å². The number of unbranched alkanes of at least 4 members (excludes halogenated alkanes) is 1. The quantitative estimate of drug-likeness (QED) is 0.300. The van der Waals surface area contributed by atoms with Crippen molar-refractivity contribution in [1.82, 2.24) is 15.1 Å². The highest BCUT2D eigenvalue weighted by Crippen LogP contribution is 2.27. The maximum absolute atomic E-state index is 12.1. The molecule has 0 unspecified atom stereocenters. The molecule has 4 nitrogen and oxygen atoms in total. The Kier molecular flexibility index (Phi) is 7.20. The molecule has 0 aliphatic carbocycles. The Bertz CT molecular complexity index is 933. The van der Waals surface area contributed by atoms with Crippen molar-refractivity contribution in [3.05, 3.63) is 69.7 Å². The van der Waals surface area contributed by atoms with Crippen LogP contribution in [-0.2, 0) is 5.75 Å². The number of carbonyl (C=O) groups is 1. The van der Waals surface area contributed by atoms with E-state index in [2.05, 4.69) is 29.5 Å². The molecule has 3 aromatic rings. The van der Waals surface area contributed by atoms with Crippen molar-refractivity contribution in [3.8, 4) is 5.69 Å². The van der Waals surface area contributed by atoms with Crippen molar-refractivity contribution in [2.24, 2.45) is 0 Å². The minimum absolute atomic E-state index is 0.0454. The van der Waals surface area contributed by atoms with Crippen LogP contribution >= 0.6 is 35.3 Å². The molecule has 1 N–H and O–H groups in total. The van der Waals surface area contributed by atoms with Crippen LogP contribution in [0.1, 0.15) is 35.7 Å². The third kappa shape index (κ3) is 5.51. The molecule has 1 amide bonds. The number of hydrogen-bond acceptors (Lipinski definition) is 5. The predicted octanol–water partition coefficient (Wildman–Crippen LogP) is 5.49. The van der Waals surface area contributed by atoms with Crippen molar-refractivity contribution < 1.29 is 4.79 Å². The van der Waals surface area contributed by atoms with Gasteiger partial charge in [-0.2, -0.15) is 0 Å². The summed E-state index contributed by atoms with van der Waals surface area (Å²) in [5, 5.41) is 7.55.